The molecule has 38 heavy (non-hydrogen) atoms. The van der Waals surface area contributed by atoms with Crippen molar-refractivity contribution in [1.82, 2.24) is 30.8 Å². The Bertz CT molecular complexity index is 1420. The van der Waals surface area contributed by atoms with Crippen LogP contribution in [-0.4, -0.2) is 65.2 Å². The number of nitrogens with one attached hydrogen (secondary N) is 4. The maximum atomic E-state index is 13.3. The van der Waals surface area contributed by atoms with Gasteiger partial charge < -0.3 is 21.3 Å². The fourth-order valence-corrected chi connectivity index (χ4v) is 5.02. The highest BCUT2D eigenvalue weighted by molar-refractivity contribution is 7.98. The first-order valence-corrected chi connectivity index (χ1v) is 13.7. The van der Waals surface area contributed by atoms with Crippen molar-refractivity contribution in [2.75, 3.05) is 32.4 Å². The molecule has 0 atom stereocenters. The Labute approximate surface area is 228 Å². The lowest BCUT2D eigenvalue weighted by molar-refractivity contribution is -0.128. The van der Waals surface area contributed by atoms with Gasteiger partial charge in [-0.25, -0.2) is 4.98 Å². The third-order valence-corrected chi connectivity index (χ3v) is 7.51. The molecule has 0 spiro atoms. The van der Waals surface area contributed by atoms with Crippen LogP contribution in [0.15, 0.2) is 52.4 Å². The molecule has 1 aliphatic heterocycles. The first-order chi connectivity index (χ1) is 18.2. The van der Waals surface area contributed by atoms with Crippen LogP contribution in [0.1, 0.15) is 33.6 Å². The lowest BCUT2D eigenvalue weighted by atomic mass is 9.86. The third kappa shape index (κ3) is 6.01. The number of rotatable bonds is 8. The lowest BCUT2D eigenvalue weighted by Gasteiger charge is -2.37. The molecule has 0 bridgehead atoms. The maximum absolute atomic E-state index is 13.3. The standard InChI is InChI=1S/C26H29ClN6O4S/c1-33-23(36)19-8-5-17(15-20(19)31-25(33)38-2)22(35)32-26(9-11-28-12-10-26)24(37)30-14-13-29-21(34)16-3-6-18(27)7-4-16/h3-8,15,28H,9-14H2,1-2H3,(H,29,34)(H,30,37)(H,32,35). The quantitative estimate of drug-likeness (QED) is 0.188. The van der Waals surface area contributed by atoms with Gasteiger partial charge in [0, 0.05) is 36.3 Å². The number of hydrogen-bond acceptors (Lipinski definition) is 7. The Morgan fingerprint density at radius 3 is 2.37 bits per heavy atom. The van der Waals surface area contributed by atoms with Gasteiger partial charge in [-0.3, -0.25) is 23.7 Å². The number of amides is 3. The van der Waals surface area contributed by atoms with Gasteiger partial charge in [0.05, 0.1) is 10.9 Å². The van der Waals surface area contributed by atoms with E-state index in [1.807, 2.05) is 6.26 Å². The number of carbonyl (C=O) groups is 3. The smallest absolute Gasteiger partial charge is 0.261 e. The number of carbonyl (C=O) groups excluding carboxylic acids is 3. The first-order valence-electron chi connectivity index (χ1n) is 12.1. The van der Waals surface area contributed by atoms with Crippen molar-refractivity contribution in [1.29, 1.82) is 0 Å². The summed E-state index contributed by atoms with van der Waals surface area (Å²) in [5.74, 6) is -1.01. The number of halogens is 1. The molecule has 0 radical (unpaired) electrons. The summed E-state index contributed by atoms with van der Waals surface area (Å²) in [7, 11) is 1.66. The molecule has 3 amide bonds. The predicted octanol–water partition coefficient (Wildman–Crippen LogP) is 1.71. The Kier molecular flexibility index (Phi) is 8.70. The molecule has 0 aliphatic carbocycles. The predicted molar refractivity (Wildman–Crippen MR) is 148 cm³/mol. The zero-order chi connectivity index (χ0) is 27.3. The number of hydrogen-bond donors (Lipinski definition) is 4. The normalized spacial score (nSPS) is 14.6. The first kappa shape index (κ1) is 27.6. The monoisotopic (exact) mass is 556 g/mol. The Hall–Kier alpha value is -3.41. The molecule has 0 unspecified atom stereocenters. The van der Waals surface area contributed by atoms with Gasteiger partial charge in [-0.05, 0) is 74.7 Å². The molecule has 3 aromatic rings. The van der Waals surface area contributed by atoms with Crippen molar-refractivity contribution in [3.8, 4) is 0 Å². The molecule has 4 N–H and O–H groups in total. The van der Waals surface area contributed by atoms with Crippen LogP contribution in [0, 0.1) is 0 Å². The largest absolute Gasteiger partial charge is 0.352 e. The lowest BCUT2D eigenvalue weighted by Crippen LogP contribution is -2.63. The highest BCUT2D eigenvalue weighted by atomic mass is 35.5. The zero-order valence-corrected chi connectivity index (χ0v) is 22.7. The summed E-state index contributed by atoms with van der Waals surface area (Å²) in [6.07, 6.45) is 2.64. The molecule has 10 nitrogen and oxygen atoms in total. The van der Waals surface area contributed by atoms with Crippen molar-refractivity contribution in [3.63, 3.8) is 0 Å². The summed E-state index contributed by atoms with van der Waals surface area (Å²) in [6.45, 7) is 1.54. The van der Waals surface area contributed by atoms with E-state index in [0.717, 1.165) is 0 Å². The van der Waals surface area contributed by atoms with E-state index in [4.69, 9.17) is 11.6 Å². The molecule has 1 aliphatic rings. The maximum Gasteiger partial charge on any atom is 0.261 e. The summed E-state index contributed by atoms with van der Waals surface area (Å²) in [5.41, 5.74) is -0.0993. The highest BCUT2D eigenvalue weighted by Gasteiger charge is 2.41. The van der Waals surface area contributed by atoms with Crippen molar-refractivity contribution in [2.24, 2.45) is 7.05 Å². The van der Waals surface area contributed by atoms with Crippen LogP contribution in [0.25, 0.3) is 10.9 Å². The molecule has 1 aromatic heterocycles. The summed E-state index contributed by atoms with van der Waals surface area (Å²) in [4.78, 5) is 56.0. The minimum atomic E-state index is -1.11. The van der Waals surface area contributed by atoms with Crippen LogP contribution in [0.5, 0.6) is 0 Å². The zero-order valence-electron chi connectivity index (χ0n) is 21.1. The average molecular weight is 557 g/mol. The van der Waals surface area contributed by atoms with Crippen molar-refractivity contribution >= 4 is 52.0 Å². The molecule has 1 saturated heterocycles. The van der Waals surface area contributed by atoms with Crippen LogP contribution in [-0.2, 0) is 11.8 Å². The molecule has 0 saturated carbocycles. The van der Waals surface area contributed by atoms with Crippen LogP contribution in [0.2, 0.25) is 5.02 Å². The number of piperidine rings is 1. The number of fused-ring (bicyclic) bond motifs is 1. The second kappa shape index (κ2) is 12.0. The summed E-state index contributed by atoms with van der Waals surface area (Å²) < 4.78 is 1.47. The summed E-state index contributed by atoms with van der Waals surface area (Å²) >= 11 is 7.20. The molecular weight excluding hydrogens is 528 g/mol. The highest BCUT2D eigenvalue weighted by Crippen LogP contribution is 2.21. The van der Waals surface area contributed by atoms with Crippen molar-refractivity contribution < 1.29 is 14.4 Å². The fourth-order valence-electron chi connectivity index (χ4n) is 4.35. The van der Waals surface area contributed by atoms with Gasteiger partial charge in [-0.2, -0.15) is 0 Å². The van der Waals surface area contributed by atoms with E-state index in [1.165, 1.54) is 16.3 Å². The van der Waals surface area contributed by atoms with Crippen LogP contribution < -0.4 is 26.8 Å². The molecule has 12 heteroatoms. The van der Waals surface area contributed by atoms with E-state index in [2.05, 4.69) is 26.3 Å². The van der Waals surface area contributed by atoms with Crippen molar-refractivity contribution in [3.05, 3.63) is 69.0 Å². The topological polar surface area (TPSA) is 134 Å². The van der Waals surface area contributed by atoms with E-state index < -0.39 is 11.4 Å². The number of benzene rings is 2. The van der Waals surface area contributed by atoms with E-state index in [0.29, 0.717) is 58.1 Å². The van der Waals surface area contributed by atoms with Gasteiger partial charge in [-0.1, -0.05) is 23.4 Å². The SMILES string of the molecule is CSc1nc2cc(C(=O)NC3(C(=O)NCCNC(=O)c4ccc(Cl)cc4)CCNCC3)ccc2c(=O)n1C. The second-order valence-electron chi connectivity index (χ2n) is 9.00. The Balaban J connectivity index is 1.43. The summed E-state index contributed by atoms with van der Waals surface area (Å²) in [5, 5.41) is 13.3. The van der Waals surface area contributed by atoms with Gasteiger partial charge in [0.1, 0.15) is 5.54 Å². The van der Waals surface area contributed by atoms with Crippen LogP contribution in [0.4, 0.5) is 0 Å². The Morgan fingerprint density at radius 2 is 1.68 bits per heavy atom. The van der Waals surface area contributed by atoms with Gasteiger partial charge in [0.25, 0.3) is 17.4 Å². The molecule has 4 rings (SSSR count). The molecule has 1 fully saturated rings. The van der Waals surface area contributed by atoms with E-state index in [9.17, 15) is 19.2 Å². The average Bonchev–Trinajstić information content (AvgIpc) is 2.93. The van der Waals surface area contributed by atoms with Gasteiger partial charge in [0.15, 0.2) is 5.16 Å². The molecular formula is C26H29ClN6O4S. The number of aromatic nitrogens is 2. The van der Waals surface area contributed by atoms with E-state index in [-0.39, 0.29) is 30.5 Å². The number of nitrogens with zero attached hydrogens (tertiary/aromatic N) is 2. The van der Waals surface area contributed by atoms with Gasteiger partial charge in [-0.15, -0.1) is 0 Å². The summed E-state index contributed by atoms with van der Waals surface area (Å²) in [6, 6.07) is 11.2. The Morgan fingerprint density at radius 1 is 1.03 bits per heavy atom. The van der Waals surface area contributed by atoms with Crippen molar-refractivity contribution in [2.45, 2.75) is 23.5 Å². The molecule has 200 valence electrons. The van der Waals surface area contributed by atoms with Gasteiger partial charge in [0.2, 0.25) is 5.91 Å². The fraction of sp³-hybridized carbons (Fsp3) is 0.346. The third-order valence-electron chi connectivity index (χ3n) is 6.53. The number of thioether (sulfide) groups is 1. The van der Waals surface area contributed by atoms with Crippen LogP contribution in [0.3, 0.4) is 0 Å². The molecule has 2 heterocycles. The van der Waals surface area contributed by atoms with E-state index in [1.54, 1.807) is 49.5 Å². The minimum Gasteiger partial charge on any atom is -0.352 e. The molecule has 2 aromatic carbocycles. The van der Waals surface area contributed by atoms with Gasteiger partial charge >= 0.3 is 0 Å². The van der Waals surface area contributed by atoms with Crippen LogP contribution >= 0.6 is 23.4 Å². The second-order valence-corrected chi connectivity index (χ2v) is 10.2. The minimum absolute atomic E-state index is 0.191. The van der Waals surface area contributed by atoms with E-state index >= 15 is 0 Å².